The van der Waals surface area contributed by atoms with Gasteiger partial charge in [0.2, 0.25) is 0 Å². The zero-order chi connectivity index (χ0) is 10.4. The number of phenols is 1. The number of phenolic OH excluding ortho intramolecular Hbond substituents is 1. The third-order valence-corrected chi connectivity index (χ3v) is 1.73. The standard InChI is InChI=1S/C11H13O3/c1-2-3-8-14-11(13)9-4-6-10(12)7-5-9/h4-7,12H,1-3,8H2. The lowest BCUT2D eigenvalue weighted by Crippen LogP contribution is -2.05. The molecule has 0 saturated heterocycles. The third kappa shape index (κ3) is 3.09. The maximum absolute atomic E-state index is 11.3. The van der Waals surface area contributed by atoms with E-state index in [0.717, 1.165) is 12.8 Å². The smallest absolute Gasteiger partial charge is 0.338 e. The van der Waals surface area contributed by atoms with Crippen LogP contribution in [0.4, 0.5) is 0 Å². The molecule has 75 valence electrons. The highest BCUT2D eigenvalue weighted by Gasteiger charge is 2.05. The number of ether oxygens (including phenoxy) is 1. The van der Waals surface area contributed by atoms with Gasteiger partial charge in [0, 0.05) is 0 Å². The summed E-state index contributed by atoms with van der Waals surface area (Å²) in [5, 5.41) is 8.99. The van der Waals surface area contributed by atoms with Gasteiger partial charge in [0.25, 0.3) is 0 Å². The molecule has 0 bridgehead atoms. The second kappa shape index (κ2) is 5.27. The number of aromatic hydroxyl groups is 1. The molecule has 0 aliphatic carbocycles. The summed E-state index contributed by atoms with van der Waals surface area (Å²) in [6.07, 6.45) is 1.52. The number of hydrogen-bond donors (Lipinski definition) is 1. The molecule has 0 spiro atoms. The first-order valence-electron chi connectivity index (χ1n) is 4.49. The highest BCUT2D eigenvalue weighted by atomic mass is 16.5. The quantitative estimate of drug-likeness (QED) is 0.588. The van der Waals surface area contributed by atoms with E-state index in [2.05, 4.69) is 6.92 Å². The van der Waals surface area contributed by atoms with Crippen molar-refractivity contribution in [2.45, 2.75) is 12.8 Å². The van der Waals surface area contributed by atoms with Gasteiger partial charge in [-0.3, -0.25) is 0 Å². The van der Waals surface area contributed by atoms with Crippen molar-refractivity contribution in [1.29, 1.82) is 0 Å². The first-order chi connectivity index (χ1) is 6.74. The molecule has 0 amide bonds. The number of rotatable bonds is 4. The Morgan fingerprint density at radius 3 is 2.57 bits per heavy atom. The van der Waals surface area contributed by atoms with Crippen LogP contribution in [0.15, 0.2) is 24.3 Å². The fraction of sp³-hybridized carbons (Fsp3) is 0.273. The van der Waals surface area contributed by atoms with Crippen LogP contribution in [0.5, 0.6) is 5.75 Å². The van der Waals surface area contributed by atoms with Crippen molar-refractivity contribution in [2.24, 2.45) is 0 Å². The monoisotopic (exact) mass is 193 g/mol. The first kappa shape index (κ1) is 10.6. The van der Waals surface area contributed by atoms with Gasteiger partial charge >= 0.3 is 5.97 Å². The minimum absolute atomic E-state index is 0.138. The van der Waals surface area contributed by atoms with Gasteiger partial charge in [-0.05, 0) is 30.7 Å². The average Bonchev–Trinajstić information content (AvgIpc) is 2.19. The van der Waals surface area contributed by atoms with Gasteiger partial charge in [0.15, 0.2) is 0 Å². The second-order valence-electron chi connectivity index (χ2n) is 2.89. The SMILES string of the molecule is [CH2]CCCOC(=O)c1ccc(O)cc1. The van der Waals surface area contributed by atoms with Gasteiger partial charge in [-0.2, -0.15) is 0 Å². The molecule has 1 N–H and O–H groups in total. The van der Waals surface area contributed by atoms with E-state index in [0.29, 0.717) is 12.2 Å². The molecule has 1 aromatic rings. The molecule has 3 nitrogen and oxygen atoms in total. The maximum Gasteiger partial charge on any atom is 0.338 e. The summed E-state index contributed by atoms with van der Waals surface area (Å²) in [7, 11) is 0. The molecule has 0 heterocycles. The predicted molar refractivity (Wildman–Crippen MR) is 53.0 cm³/mol. The molecule has 3 heteroatoms. The average molecular weight is 193 g/mol. The van der Waals surface area contributed by atoms with Crippen molar-refractivity contribution in [3.63, 3.8) is 0 Å². The molecule has 0 atom stereocenters. The molecule has 0 aliphatic heterocycles. The number of carbonyl (C=O) groups is 1. The van der Waals surface area contributed by atoms with Crippen molar-refractivity contribution in [2.75, 3.05) is 6.61 Å². The van der Waals surface area contributed by atoms with Gasteiger partial charge in [0.05, 0.1) is 12.2 Å². The number of carbonyl (C=O) groups excluding carboxylic acids is 1. The van der Waals surface area contributed by atoms with Gasteiger partial charge in [0.1, 0.15) is 5.75 Å². The van der Waals surface area contributed by atoms with Gasteiger partial charge in [-0.1, -0.05) is 13.3 Å². The van der Waals surface area contributed by atoms with Gasteiger partial charge in [-0.25, -0.2) is 4.79 Å². The highest BCUT2D eigenvalue weighted by molar-refractivity contribution is 5.89. The molecule has 14 heavy (non-hydrogen) atoms. The minimum atomic E-state index is -0.363. The number of hydrogen-bond acceptors (Lipinski definition) is 3. The topological polar surface area (TPSA) is 46.5 Å². The van der Waals surface area contributed by atoms with Crippen molar-refractivity contribution < 1.29 is 14.6 Å². The molecule has 1 rings (SSSR count). The van der Waals surface area contributed by atoms with Crippen LogP contribution < -0.4 is 0 Å². The highest BCUT2D eigenvalue weighted by Crippen LogP contribution is 2.10. The van der Waals surface area contributed by atoms with Gasteiger partial charge < -0.3 is 9.84 Å². The van der Waals surface area contributed by atoms with Crippen LogP contribution in [0.1, 0.15) is 23.2 Å². The molecule has 0 fully saturated rings. The lowest BCUT2D eigenvalue weighted by molar-refractivity contribution is 0.0501. The van der Waals surface area contributed by atoms with Crippen LogP contribution in [0.25, 0.3) is 0 Å². The Bertz CT molecular complexity index is 290. The Hall–Kier alpha value is -1.51. The lowest BCUT2D eigenvalue weighted by atomic mass is 10.2. The van der Waals surface area contributed by atoms with Crippen molar-refractivity contribution in [1.82, 2.24) is 0 Å². The van der Waals surface area contributed by atoms with Crippen LogP contribution in [0.3, 0.4) is 0 Å². The summed E-state index contributed by atoms with van der Waals surface area (Å²) in [5.74, 6) is -0.224. The Balaban J connectivity index is 2.48. The van der Waals surface area contributed by atoms with Gasteiger partial charge in [-0.15, -0.1) is 0 Å². The fourth-order valence-corrected chi connectivity index (χ4v) is 0.948. The third-order valence-electron chi connectivity index (χ3n) is 1.73. The molecule has 1 aromatic carbocycles. The van der Waals surface area contributed by atoms with E-state index < -0.39 is 0 Å². The zero-order valence-electron chi connectivity index (χ0n) is 7.90. The molecule has 0 saturated carbocycles. The van der Waals surface area contributed by atoms with Crippen molar-refractivity contribution >= 4 is 5.97 Å². The Kier molecular flexibility index (Phi) is 3.98. The number of esters is 1. The van der Waals surface area contributed by atoms with Crippen LogP contribution in [-0.2, 0) is 4.74 Å². The van der Waals surface area contributed by atoms with E-state index in [1.165, 1.54) is 24.3 Å². The van der Waals surface area contributed by atoms with Crippen LogP contribution in [0, 0.1) is 6.92 Å². The minimum Gasteiger partial charge on any atom is -0.508 e. The van der Waals surface area contributed by atoms with Crippen molar-refractivity contribution in [3.05, 3.63) is 36.8 Å². The van der Waals surface area contributed by atoms with E-state index in [-0.39, 0.29) is 11.7 Å². The Labute approximate surface area is 83.3 Å². The van der Waals surface area contributed by atoms with Crippen LogP contribution in [-0.4, -0.2) is 17.7 Å². The van der Waals surface area contributed by atoms with E-state index >= 15 is 0 Å². The molecular weight excluding hydrogens is 180 g/mol. The zero-order valence-corrected chi connectivity index (χ0v) is 7.90. The van der Waals surface area contributed by atoms with E-state index in [4.69, 9.17) is 9.84 Å². The summed E-state index contributed by atoms with van der Waals surface area (Å²) in [6, 6.07) is 5.97. The summed E-state index contributed by atoms with van der Waals surface area (Å²) < 4.78 is 4.95. The largest absolute Gasteiger partial charge is 0.508 e. The number of unbranched alkanes of at least 4 members (excludes halogenated alkanes) is 1. The maximum atomic E-state index is 11.3. The molecule has 0 aliphatic rings. The summed E-state index contributed by atoms with van der Waals surface area (Å²) >= 11 is 0. The van der Waals surface area contributed by atoms with E-state index in [9.17, 15) is 4.79 Å². The molecule has 0 aromatic heterocycles. The lowest BCUT2D eigenvalue weighted by Gasteiger charge is -2.03. The Morgan fingerprint density at radius 2 is 2.00 bits per heavy atom. The van der Waals surface area contributed by atoms with Crippen molar-refractivity contribution in [3.8, 4) is 5.75 Å². The fourth-order valence-electron chi connectivity index (χ4n) is 0.948. The van der Waals surface area contributed by atoms with Crippen LogP contribution in [0.2, 0.25) is 0 Å². The number of benzene rings is 1. The predicted octanol–water partition coefficient (Wildman–Crippen LogP) is 2.16. The normalized spacial score (nSPS) is 9.79. The molecule has 0 unspecified atom stereocenters. The summed E-state index contributed by atoms with van der Waals surface area (Å²) in [4.78, 5) is 11.3. The summed E-state index contributed by atoms with van der Waals surface area (Å²) in [6.45, 7) is 4.03. The van der Waals surface area contributed by atoms with E-state index in [1.807, 2.05) is 0 Å². The first-order valence-corrected chi connectivity index (χ1v) is 4.49. The van der Waals surface area contributed by atoms with Crippen LogP contribution >= 0.6 is 0 Å². The summed E-state index contributed by atoms with van der Waals surface area (Å²) in [5.41, 5.74) is 0.451. The van der Waals surface area contributed by atoms with E-state index in [1.54, 1.807) is 0 Å². The molecular formula is C11H13O3. The molecule has 1 radical (unpaired) electrons. The second-order valence-corrected chi connectivity index (χ2v) is 2.89. The Morgan fingerprint density at radius 1 is 1.36 bits per heavy atom.